The van der Waals surface area contributed by atoms with E-state index in [0.29, 0.717) is 18.2 Å². The van der Waals surface area contributed by atoms with Crippen LogP contribution in [0.1, 0.15) is 12.8 Å². The van der Waals surface area contributed by atoms with Gasteiger partial charge in [-0.3, -0.25) is 0 Å². The van der Waals surface area contributed by atoms with Crippen molar-refractivity contribution in [1.82, 2.24) is 10.3 Å². The topological polar surface area (TPSA) is 88.2 Å². The molecule has 1 saturated carbocycles. The van der Waals surface area contributed by atoms with E-state index in [0.717, 1.165) is 6.26 Å². The molecule has 1 aliphatic carbocycles. The molecule has 98 valence electrons. The number of nitrogens with zero attached hydrogens (tertiary/aromatic N) is 1. The summed E-state index contributed by atoms with van der Waals surface area (Å²) in [6.45, 7) is 0.681. The highest BCUT2D eigenvalue weighted by atomic mass is 32.2. The van der Waals surface area contributed by atoms with Crippen LogP contribution in [-0.2, 0) is 9.84 Å². The van der Waals surface area contributed by atoms with Crippen LogP contribution in [0.25, 0.3) is 0 Å². The minimum Gasteiger partial charge on any atom is -0.338 e. The summed E-state index contributed by atoms with van der Waals surface area (Å²) < 4.78 is 22.4. The summed E-state index contributed by atoms with van der Waals surface area (Å²) >= 11 is 0. The van der Waals surface area contributed by atoms with Crippen LogP contribution in [0.3, 0.4) is 0 Å². The van der Waals surface area contributed by atoms with Crippen molar-refractivity contribution in [3.8, 4) is 0 Å². The maximum absolute atomic E-state index is 11.5. The Kier molecular flexibility index (Phi) is 3.51. The third-order valence-electron chi connectivity index (χ3n) is 2.62. The number of carbonyl (C=O) groups is 1. The van der Waals surface area contributed by atoms with E-state index < -0.39 is 9.84 Å². The minimum atomic E-state index is -3.30. The van der Waals surface area contributed by atoms with Gasteiger partial charge in [0.15, 0.2) is 14.9 Å². The van der Waals surface area contributed by atoms with Crippen molar-refractivity contribution in [1.29, 1.82) is 0 Å². The summed E-state index contributed by atoms with van der Waals surface area (Å²) in [4.78, 5) is 15.2. The summed E-state index contributed by atoms with van der Waals surface area (Å²) in [5, 5.41) is 5.33. The largest absolute Gasteiger partial charge is 0.338 e. The average molecular weight is 269 g/mol. The number of nitrogens with one attached hydrogen (secondary N) is 2. The first kappa shape index (κ1) is 12.8. The maximum atomic E-state index is 11.5. The van der Waals surface area contributed by atoms with Gasteiger partial charge in [0, 0.05) is 12.8 Å². The number of rotatable bonds is 4. The number of pyridine rings is 1. The molecule has 2 N–H and O–H groups in total. The summed E-state index contributed by atoms with van der Waals surface area (Å²) in [6.07, 6.45) is 4.76. The third kappa shape index (κ3) is 3.69. The van der Waals surface area contributed by atoms with Crippen molar-refractivity contribution in [2.75, 3.05) is 18.1 Å². The molecule has 0 spiro atoms. The van der Waals surface area contributed by atoms with Crippen LogP contribution < -0.4 is 10.6 Å². The average Bonchev–Trinajstić information content (AvgIpc) is 3.09. The first-order valence-corrected chi connectivity index (χ1v) is 7.55. The van der Waals surface area contributed by atoms with Gasteiger partial charge >= 0.3 is 6.03 Å². The molecule has 18 heavy (non-hydrogen) atoms. The Morgan fingerprint density at radius 2 is 2.17 bits per heavy atom. The number of hydrogen-bond acceptors (Lipinski definition) is 4. The predicted octanol–water partition coefficient (Wildman–Crippen LogP) is 1.02. The minimum absolute atomic E-state index is 0.00793. The highest BCUT2D eigenvalue weighted by Gasteiger charge is 2.21. The molecule has 1 fully saturated rings. The van der Waals surface area contributed by atoms with Gasteiger partial charge in [-0.15, -0.1) is 0 Å². The molecule has 1 aromatic heterocycles. The van der Waals surface area contributed by atoms with E-state index in [1.165, 1.54) is 31.2 Å². The Balaban J connectivity index is 1.90. The standard InChI is InChI=1S/C11H15N3O3S/c1-18(16,17)10-5-4-9(7-12-10)14-11(15)13-6-8-2-3-8/h4-5,7-8H,2-3,6H2,1H3,(H2,13,14,15). The molecular formula is C11H15N3O3S. The van der Waals surface area contributed by atoms with E-state index in [9.17, 15) is 13.2 Å². The number of carbonyl (C=O) groups excluding carboxylic acids is 1. The molecule has 1 aliphatic rings. The molecule has 6 nitrogen and oxygen atoms in total. The molecule has 2 amide bonds. The maximum Gasteiger partial charge on any atom is 0.319 e. The molecule has 0 atom stereocenters. The highest BCUT2D eigenvalue weighted by molar-refractivity contribution is 7.90. The van der Waals surface area contributed by atoms with Crippen LogP contribution in [0, 0.1) is 5.92 Å². The Morgan fingerprint density at radius 1 is 1.44 bits per heavy atom. The van der Waals surface area contributed by atoms with E-state index >= 15 is 0 Å². The van der Waals surface area contributed by atoms with Crippen LogP contribution in [0.4, 0.5) is 10.5 Å². The van der Waals surface area contributed by atoms with Gasteiger partial charge < -0.3 is 10.6 Å². The van der Waals surface area contributed by atoms with Gasteiger partial charge in [-0.25, -0.2) is 18.2 Å². The van der Waals surface area contributed by atoms with Crippen LogP contribution in [0.15, 0.2) is 23.4 Å². The number of anilines is 1. The van der Waals surface area contributed by atoms with Gasteiger partial charge in [-0.2, -0.15) is 0 Å². The highest BCUT2D eigenvalue weighted by Crippen LogP contribution is 2.27. The van der Waals surface area contributed by atoms with E-state index in [1.54, 1.807) is 0 Å². The summed E-state index contributed by atoms with van der Waals surface area (Å²) in [5.74, 6) is 0.612. The molecule has 1 aromatic rings. The second kappa shape index (κ2) is 4.93. The third-order valence-corrected chi connectivity index (χ3v) is 3.62. The lowest BCUT2D eigenvalue weighted by Gasteiger charge is -2.06. The van der Waals surface area contributed by atoms with Crippen molar-refractivity contribution in [2.24, 2.45) is 5.92 Å². The summed E-state index contributed by atoms with van der Waals surface area (Å²) in [5.41, 5.74) is 0.468. The quantitative estimate of drug-likeness (QED) is 0.854. The van der Waals surface area contributed by atoms with Gasteiger partial charge in [0.1, 0.15) is 0 Å². The van der Waals surface area contributed by atoms with Crippen LogP contribution in [-0.4, -0.2) is 32.2 Å². The van der Waals surface area contributed by atoms with Crippen LogP contribution in [0.5, 0.6) is 0 Å². The first-order chi connectivity index (χ1) is 8.45. The molecule has 0 radical (unpaired) electrons. The normalized spacial score (nSPS) is 15.2. The van der Waals surface area contributed by atoms with Crippen LogP contribution >= 0.6 is 0 Å². The Labute approximate surface area is 106 Å². The predicted molar refractivity (Wildman–Crippen MR) is 67.1 cm³/mol. The molecule has 0 saturated heterocycles. The second-order valence-corrected chi connectivity index (χ2v) is 6.40. The van der Waals surface area contributed by atoms with Crippen LogP contribution in [0.2, 0.25) is 0 Å². The monoisotopic (exact) mass is 269 g/mol. The SMILES string of the molecule is CS(=O)(=O)c1ccc(NC(=O)NCC2CC2)cn1. The molecule has 0 bridgehead atoms. The zero-order chi connectivity index (χ0) is 13.2. The number of aromatic nitrogens is 1. The lowest BCUT2D eigenvalue weighted by atomic mass is 10.4. The summed E-state index contributed by atoms with van der Waals surface area (Å²) in [7, 11) is -3.30. The van der Waals surface area contributed by atoms with Crippen molar-refractivity contribution in [3.63, 3.8) is 0 Å². The number of sulfone groups is 1. The fraction of sp³-hybridized carbons (Fsp3) is 0.455. The molecule has 0 aliphatic heterocycles. The number of urea groups is 1. The fourth-order valence-corrected chi connectivity index (χ4v) is 1.97. The zero-order valence-electron chi connectivity index (χ0n) is 10.0. The smallest absolute Gasteiger partial charge is 0.319 e. The molecule has 1 heterocycles. The Hall–Kier alpha value is -1.63. The fourth-order valence-electron chi connectivity index (χ4n) is 1.41. The lowest BCUT2D eigenvalue weighted by molar-refractivity contribution is 0.251. The van der Waals surface area contributed by atoms with E-state index in [4.69, 9.17) is 0 Å². The van der Waals surface area contributed by atoms with Crippen molar-refractivity contribution >= 4 is 21.6 Å². The molecule has 2 rings (SSSR count). The van der Waals surface area contributed by atoms with Gasteiger partial charge in [-0.05, 0) is 30.9 Å². The number of amides is 2. The van der Waals surface area contributed by atoms with E-state index in [2.05, 4.69) is 15.6 Å². The lowest BCUT2D eigenvalue weighted by Crippen LogP contribution is -2.30. The molecule has 0 aromatic carbocycles. The molecular weight excluding hydrogens is 254 g/mol. The van der Waals surface area contributed by atoms with Crippen molar-refractivity contribution < 1.29 is 13.2 Å². The van der Waals surface area contributed by atoms with Gasteiger partial charge in [0.05, 0.1) is 11.9 Å². The van der Waals surface area contributed by atoms with E-state index in [1.807, 2.05) is 0 Å². The zero-order valence-corrected chi connectivity index (χ0v) is 10.8. The molecule has 0 unspecified atom stereocenters. The van der Waals surface area contributed by atoms with Crippen molar-refractivity contribution in [2.45, 2.75) is 17.9 Å². The molecule has 7 heteroatoms. The Morgan fingerprint density at radius 3 is 2.67 bits per heavy atom. The second-order valence-electron chi connectivity index (χ2n) is 4.44. The van der Waals surface area contributed by atoms with Gasteiger partial charge in [-0.1, -0.05) is 0 Å². The first-order valence-electron chi connectivity index (χ1n) is 5.66. The van der Waals surface area contributed by atoms with Gasteiger partial charge in [0.25, 0.3) is 0 Å². The van der Waals surface area contributed by atoms with E-state index in [-0.39, 0.29) is 11.1 Å². The number of hydrogen-bond donors (Lipinski definition) is 2. The van der Waals surface area contributed by atoms with Crippen molar-refractivity contribution in [3.05, 3.63) is 18.3 Å². The summed E-state index contributed by atoms with van der Waals surface area (Å²) in [6, 6.07) is 2.59. The van der Waals surface area contributed by atoms with Gasteiger partial charge in [0.2, 0.25) is 0 Å². The Bertz CT molecular complexity index is 535.